The fourth-order valence-corrected chi connectivity index (χ4v) is 1.95. The van der Waals surface area contributed by atoms with Crippen molar-refractivity contribution in [3.63, 3.8) is 0 Å². The summed E-state index contributed by atoms with van der Waals surface area (Å²) < 4.78 is 0. The quantitative estimate of drug-likeness (QED) is 0.711. The van der Waals surface area contributed by atoms with E-state index in [1.807, 2.05) is 13.8 Å². The number of aliphatic hydroxyl groups is 2. The first-order valence-corrected chi connectivity index (χ1v) is 5.59. The zero-order valence-electron chi connectivity index (χ0n) is 9.90. The number of rotatable bonds is 5. The Labute approximate surface area is 96.4 Å². The van der Waals surface area contributed by atoms with E-state index in [0.29, 0.717) is 5.75 Å². The van der Waals surface area contributed by atoms with Gasteiger partial charge in [-0.05, 0) is 55.5 Å². The second kappa shape index (κ2) is 5.87. The van der Waals surface area contributed by atoms with Crippen LogP contribution < -0.4 is 0 Å². The van der Waals surface area contributed by atoms with Crippen molar-refractivity contribution < 1.29 is 15.3 Å². The maximum Gasteiger partial charge on any atom is 0.116 e. The molecule has 0 atom stereocenters. The van der Waals surface area contributed by atoms with Crippen LogP contribution in [-0.2, 0) is 6.42 Å². The molecule has 0 spiro atoms. The first-order chi connectivity index (χ1) is 7.58. The summed E-state index contributed by atoms with van der Waals surface area (Å²) in [5, 5.41) is 27.4. The average molecular weight is 224 g/mol. The van der Waals surface area contributed by atoms with Crippen molar-refractivity contribution in [2.45, 2.75) is 26.7 Å². The highest BCUT2D eigenvalue weighted by atomic mass is 16.3. The summed E-state index contributed by atoms with van der Waals surface area (Å²) in [5.74, 6) is 0.243. The molecule has 0 saturated heterocycles. The molecular weight excluding hydrogens is 204 g/mol. The van der Waals surface area contributed by atoms with Crippen LogP contribution in [0, 0.1) is 19.8 Å². The molecule has 0 aliphatic rings. The Morgan fingerprint density at radius 1 is 1.06 bits per heavy atom. The zero-order valence-corrected chi connectivity index (χ0v) is 9.90. The number of aryl methyl sites for hydroxylation is 2. The van der Waals surface area contributed by atoms with Crippen LogP contribution in [-0.4, -0.2) is 28.5 Å². The SMILES string of the molecule is Cc1cc(O)cc(C)c1CCC(CO)CO. The number of hydrogen-bond acceptors (Lipinski definition) is 3. The van der Waals surface area contributed by atoms with E-state index in [4.69, 9.17) is 10.2 Å². The number of aromatic hydroxyl groups is 1. The van der Waals surface area contributed by atoms with Crippen LogP contribution in [0.1, 0.15) is 23.1 Å². The molecule has 0 heterocycles. The molecule has 0 unspecified atom stereocenters. The lowest BCUT2D eigenvalue weighted by atomic mass is 9.94. The van der Waals surface area contributed by atoms with E-state index in [-0.39, 0.29) is 19.1 Å². The van der Waals surface area contributed by atoms with E-state index in [2.05, 4.69) is 0 Å². The summed E-state index contributed by atoms with van der Waals surface area (Å²) in [7, 11) is 0. The number of hydrogen-bond donors (Lipinski definition) is 3. The molecule has 1 aromatic carbocycles. The summed E-state index contributed by atoms with van der Waals surface area (Å²) in [4.78, 5) is 0. The van der Waals surface area contributed by atoms with Gasteiger partial charge in [0.15, 0.2) is 0 Å². The molecule has 0 aromatic heterocycles. The Hall–Kier alpha value is -1.06. The van der Waals surface area contributed by atoms with Gasteiger partial charge in [0.25, 0.3) is 0 Å². The minimum Gasteiger partial charge on any atom is -0.508 e. The number of phenolic OH excluding ortho intramolecular Hbond substituents is 1. The highest BCUT2D eigenvalue weighted by Gasteiger charge is 2.09. The van der Waals surface area contributed by atoms with Crippen LogP contribution >= 0.6 is 0 Å². The molecule has 0 aliphatic carbocycles. The molecule has 90 valence electrons. The fraction of sp³-hybridized carbons (Fsp3) is 0.538. The molecule has 1 aromatic rings. The van der Waals surface area contributed by atoms with Crippen LogP contribution in [0.5, 0.6) is 5.75 Å². The molecule has 0 radical (unpaired) electrons. The maximum atomic E-state index is 9.41. The third kappa shape index (κ3) is 3.22. The van der Waals surface area contributed by atoms with Gasteiger partial charge in [-0.25, -0.2) is 0 Å². The van der Waals surface area contributed by atoms with Gasteiger partial charge in [0.05, 0.1) is 0 Å². The summed E-state index contributed by atoms with van der Waals surface area (Å²) in [6, 6.07) is 3.49. The van der Waals surface area contributed by atoms with E-state index in [1.165, 1.54) is 5.56 Å². The standard InChI is InChI=1S/C13H20O3/c1-9-5-12(16)6-10(2)13(9)4-3-11(7-14)8-15/h5-6,11,14-16H,3-4,7-8H2,1-2H3. The largest absolute Gasteiger partial charge is 0.508 e. The zero-order chi connectivity index (χ0) is 12.1. The first-order valence-electron chi connectivity index (χ1n) is 5.59. The lowest BCUT2D eigenvalue weighted by molar-refractivity contribution is 0.144. The molecule has 3 heteroatoms. The molecule has 1 rings (SSSR count). The Balaban J connectivity index is 2.74. The predicted molar refractivity (Wildman–Crippen MR) is 63.6 cm³/mol. The third-order valence-electron chi connectivity index (χ3n) is 3.00. The summed E-state index contributed by atoms with van der Waals surface area (Å²) in [6.07, 6.45) is 1.59. The number of aliphatic hydroxyl groups excluding tert-OH is 2. The molecule has 0 aliphatic heterocycles. The van der Waals surface area contributed by atoms with Gasteiger partial charge < -0.3 is 15.3 Å². The molecular formula is C13H20O3. The van der Waals surface area contributed by atoms with Gasteiger partial charge in [0.1, 0.15) is 5.75 Å². The van der Waals surface area contributed by atoms with Crippen LogP contribution in [0.3, 0.4) is 0 Å². The number of phenols is 1. The van der Waals surface area contributed by atoms with Crippen molar-refractivity contribution in [1.82, 2.24) is 0 Å². The highest BCUT2D eigenvalue weighted by Crippen LogP contribution is 2.23. The van der Waals surface area contributed by atoms with Crippen molar-refractivity contribution >= 4 is 0 Å². The molecule has 0 amide bonds. The summed E-state index contributed by atoms with van der Waals surface area (Å²) in [6.45, 7) is 3.98. The van der Waals surface area contributed by atoms with Gasteiger partial charge >= 0.3 is 0 Å². The lowest BCUT2D eigenvalue weighted by Gasteiger charge is -2.14. The van der Waals surface area contributed by atoms with Crippen LogP contribution in [0.4, 0.5) is 0 Å². The molecule has 0 fully saturated rings. The van der Waals surface area contributed by atoms with Crippen molar-refractivity contribution in [3.05, 3.63) is 28.8 Å². The molecule has 3 nitrogen and oxygen atoms in total. The van der Waals surface area contributed by atoms with Crippen LogP contribution in [0.15, 0.2) is 12.1 Å². The topological polar surface area (TPSA) is 60.7 Å². The lowest BCUT2D eigenvalue weighted by Crippen LogP contribution is -2.12. The van der Waals surface area contributed by atoms with Gasteiger partial charge in [0, 0.05) is 19.1 Å². The predicted octanol–water partition coefficient (Wildman–Crippen LogP) is 1.54. The first kappa shape index (κ1) is 13.0. The van der Waals surface area contributed by atoms with Gasteiger partial charge in [-0.1, -0.05) is 0 Å². The average Bonchev–Trinajstić information content (AvgIpc) is 2.22. The Morgan fingerprint density at radius 3 is 2.00 bits per heavy atom. The van der Waals surface area contributed by atoms with Gasteiger partial charge in [-0.3, -0.25) is 0 Å². The van der Waals surface area contributed by atoms with Gasteiger partial charge in [-0.2, -0.15) is 0 Å². The monoisotopic (exact) mass is 224 g/mol. The second-order valence-electron chi connectivity index (χ2n) is 4.33. The van der Waals surface area contributed by atoms with Crippen molar-refractivity contribution in [1.29, 1.82) is 0 Å². The molecule has 16 heavy (non-hydrogen) atoms. The molecule has 0 saturated carbocycles. The van der Waals surface area contributed by atoms with E-state index in [1.54, 1.807) is 12.1 Å². The molecule has 0 bridgehead atoms. The van der Waals surface area contributed by atoms with Crippen LogP contribution in [0.2, 0.25) is 0 Å². The highest BCUT2D eigenvalue weighted by molar-refractivity contribution is 5.40. The smallest absolute Gasteiger partial charge is 0.116 e. The Bertz CT molecular complexity index is 320. The van der Waals surface area contributed by atoms with Crippen molar-refractivity contribution in [3.8, 4) is 5.75 Å². The third-order valence-corrected chi connectivity index (χ3v) is 3.00. The second-order valence-corrected chi connectivity index (χ2v) is 4.33. The van der Waals surface area contributed by atoms with E-state index in [9.17, 15) is 5.11 Å². The van der Waals surface area contributed by atoms with Gasteiger partial charge in [-0.15, -0.1) is 0 Å². The Kier molecular flexibility index (Phi) is 4.77. The normalized spacial score (nSPS) is 11.1. The van der Waals surface area contributed by atoms with Gasteiger partial charge in [0.2, 0.25) is 0 Å². The van der Waals surface area contributed by atoms with E-state index in [0.717, 1.165) is 24.0 Å². The summed E-state index contributed by atoms with van der Waals surface area (Å²) >= 11 is 0. The van der Waals surface area contributed by atoms with Crippen LogP contribution in [0.25, 0.3) is 0 Å². The van der Waals surface area contributed by atoms with E-state index < -0.39 is 0 Å². The minimum absolute atomic E-state index is 0.0205. The number of benzene rings is 1. The minimum atomic E-state index is -0.0485. The Morgan fingerprint density at radius 2 is 1.56 bits per heavy atom. The van der Waals surface area contributed by atoms with Crippen molar-refractivity contribution in [2.75, 3.05) is 13.2 Å². The van der Waals surface area contributed by atoms with Crippen molar-refractivity contribution in [2.24, 2.45) is 5.92 Å². The molecule has 3 N–H and O–H groups in total. The summed E-state index contributed by atoms with van der Waals surface area (Å²) in [5.41, 5.74) is 3.32. The fourth-order valence-electron chi connectivity index (χ4n) is 1.95. The maximum absolute atomic E-state index is 9.41. The van der Waals surface area contributed by atoms with E-state index >= 15 is 0 Å².